The number of fused-ring (bicyclic) bond motifs is 1. The summed E-state index contributed by atoms with van der Waals surface area (Å²) in [6.45, 7) is 0. The normalized spacial score (nSPS) is 12.6. The quantitative estimate of drug-likeness (QED) is 0.187. The number of benzene rings is 5. The molecule has 0 saturated carbocycles. The molecule has 0 atom stereocenters. The molecule has 0 aliphatic rings. The van der Waals surface area contributed by atoms with Gasteiger partial charge >= 0.3 is 232 Å². The van der Waals surface area contributed by atoms with Gasteiger partial charge in [-0.15, -0.1) is 0 Å². The maximum absolute atomic E-state index is 13.2. The Hall–Kier alpha value is -3.78. The van der Waals surface area contributed by atoms with Gasteiger partial charge in [0.15, 0.2) is 0 Å². The molecule has 38 heavy (non-hydrogen) atoms. The van der Waals surface area contributed by atoms with Crippen LogP contribution in [0.3, 0.4) is 0 Å². The Morgan fingerprint density at radius 1 is 0.605 bits per heavy atom. The fourth-order valence-corrected chi connectivity index (χ4v) is 13.2. The second-order valence-electron chi connectivity index (χ2n) is 9.60. The number of hydrogen-bond acceptors (Lipinski definition) is 1. The first-order valence-corrected chi connectivity index (χ1v) is 17.1. The first-order valence-electron chi connectivity index (χ1n) is 12.7. The van der Waals surface area contributed by atoms with E-state index in [1.54, 1.807) is 4.57 Å². The van der Waals surface area contributed by atoms with E-state index < -0.39 is 5.31 Å². The van der Waals surface area contributed by atoms with Crippen LogP contribution >= 0.6 is 20.8 Å². The van der Waals surface area contributed by atoms with Crippen molar-refractivity contribution >= 4 is 53.5 Å². The Bertz CT molecular complexity index is 1610. The SMILES string of the molecule is O=C(c1ccccc1)n1ccc2cc(CP(Br)(c3ccccc3)(c3ccccc3)c3ccccc3)ccc21. The van der Waals surface area contributed by atoms with E-state index in [2.05, 4.69) is 125 Å². The first kappa shape index (κ1) is 24.6. The third kappa shape index (κ3) is 4.04. The van der Waals surface area contributed by atoms with Gasteiger partial charge in [-0.05, 0) is 0 Å². The molecule has 186 valence electrons. The van der Waals surface area contributed by atoms with Gasteiger partial charge in [-0.25, -0.2) is 0 Å². The van der Waals surface area contributed by atoms with Crippen molar-refractivity contribution in [3.05, 3.63) is 163 Å². The van der Waals surface area contributed by atoms with Crippen LogP contribution in [0.25, 0.3) is 10.9 Å². The van der Waals surface area contributed by atoms with Gasteiger partial charge in [0.05, 0.1) is 0 Å². The third-order valence-electron chi connectivity index (χ3n) is 7.36. The molecule has 0 saturated heterocycles. The third-order valence-corrected chi connectivity index (χ3v) is 16.9. The van der Waals surface area contributed by atoms with Crippen LogP contribution in [0.4, 0.5) is 0 Å². The monoisotopic (exact) mass is 575 g/mol. The van der Waals surface area contributed by atoms with Gasteiger partial charge in [0.2, 0.25) is 0 Å². The summed E-state index contributed by atoms with van der Waals surface area (Å²) in [5.74, 6) is -0.0219. The summed E-state index contributed by atoms with van der Waals surface area (Å²) >= 11 is 4.55. The fraction of sp³-hybridized carbons (Fsp3) is 0.0294. The van der Waals surface area contributed by atoms with Crippen molar-refractivity contribution < 1.29 is 4.79 Å². The molecule has 0 fully saturated rings. The van der Waals surface area contributed by atoms with Crippen LogP contribution in [0.2, 0.25) is 0 Å². The zero-order chi connectivity index (χ0) is 26.0. The van der Waals surface area contributed by atoms with Gasteiger partial charge in [0, 0.05) is 0 Å². The summed E-state index contributed by atoms with van der Waals surface area (Å²) in [7, 11) is 0. The number of nitrogens with zero attached hydrogens (tertiary/aromatic N) is 1. The molecule has 2 nitrogen and oxygen atoms in total. The van der Waals surface area contributed by atoms with Gasteiger partial charge in [-0.3, -0.25) is 0 Å². The molecule has 1 aromatic heterocycles. The average Bonchev–Trinajstić information content (AvgIpc) is 3.42. The van der Waals surface area contributed by atoms with Gasteiger partial charge in [0.1, 0.15) is 0 Å². The topological polar surface area (TPSA) is 22.0 Å². The molecule has 0 bridgehead atoms. The minimum absolute atomic E-state index is 0.0219. The molecule has 0 unspecified atom stereocenters. The maximum atomic E-state index is 13.2. The molecule has 6 aromatic rings. The number of carbonyl (C=O) groups is 1. The molecule has 0 amide bonds. The van der Waals surface area contributed by atoms with Crippen molar-refractivity contribution in [2.45, 2.75) is 6.16 Å². The van der Waals surface area contributed by atoms with Crippen molar-refractivity contribution in [1.82, 2.24) is 4.57 Å². The van der Waals surface area contributed by atoms with Gasteiger partial charge < -0.3 is 0 Å². The average molecular weight is 576 g/mol. The first-order chi connectivity index (χ1) is 18.6. The summed E-state index contributed by atoms with van der Waals surface area (Å²) in [5.41, 5.74) is 2.81. The molecule has 1 heterocycles. The van der Waals surface area contributed by atoms with Crippen molar-refractivity contribution in [3.63, 3.8) is 0 Å². The van der Waals surface area contributed by atoms with E-state index in [4.69, 9.17) is 0 Å². The molecule has 0 spiro atoms. The molecule has 6 rings (SSSR count). The van der Waals surface area contributed by atoms with Crippen LogP contribution in [0.1, 0.15) is 15.9 Å². The number of halogens is 1. The molecular weight excluding hydrogens is 549 g/mol. The number of aromatic nitrogens is 1. The predicted octanol–water partition coefficient (Wildman–Crippen LogP) is 7.67. The van der Waals surface area contributed by atoms with E-state index in [0.717, 1.165) is 17.1 Å². The van der Waals surface area contributed by atoms with Crippen molar-refractivity contribution in [2.75, 3.05) is 0 Å². The molecule has 0 radical (unpaired) electrons. The molecule has 0 N–H and O–H groups in total. The van der Waals surface area contributed by atoms with Crippen molar-refractivity contribution in [1.29, 1.82) is 0 Å². The summed E-state index contributed by atoms with van der Waals surface area (Å²) in [6.07, 6.45) is 2.68. The molecule has 4 heteroatoms. The molecular formula is C34H27BrNOP. The van der Waals surface area contributed by atoms with E-state index in [1.165, 1.54) is 21.5 Å². The molecule has 0 aliphatic carbocycles. The van der Waals surface area contributed by atoms with E-state index in [0.29, 0.717) is 5.56 Å². The molecule has 0 aliphatic heterocycles. The Kier molecular flexibility index (Phi) is 6.35. The minimum atomic E-state index is -3.10. The van der Waals surface area contributed by atoms with Crippen molar-refractivity contribution in [2.24, 2.45) is 0 Å². The Morgan fingerprint density at radius 3 is 1.58 bits per heavy atom. The second-order valence-corrected chi connectivity index (χ2v) is 18.5. The van der Waals surface area contributed by atoms with Crippen molar-refractivity contribution in [3.8, 4) is 0 Å². The van der Waals surface area contributed by atoms with Gasteiger partial charge in [-0.1, -0.05) is 0 Å². The van der Waals surface area contributed by atoms with E-state index in [1.807, 2.05) is 42.6 Å². The Balaban J connectivity index is 1.53. The summed E-state index contributed by atoms with van der Waals surface area (Å²) in [5, 5.41) is 1.81. The van der Waals surface area contributed by atoms with Crippen LogP contribution < -0.4 is 15.9 Å². The van der Waals surface area contributed by atoms with E-state index >= 15 is 0 Å². The summed E-state index contributed by atoms with van der Waals surface area (Å²) in [4.78, 5) is 13.2. The van der Waals surface area contributed by atoms with Crippen LogP contribution in [0.5, 0.6) is 0 Å². The number of carbonyl (C=O) groups excluding carboxylic acids is 1. The van der Waals surface area contributed by atoms with E-state index in [9.17, 15) is 4.79 Å². The van der Waals surface area contributed by atoms with Crippen LogP contribution in [0, 0.1) is 0 Å². The van der Waals surface area contributed by atoms with E-state index in [-0.39, 0.29) is 5.91 Å². The zero-order valence-electron chi connectivity index (χ0n) is 20.8. The summed E-state index contributed by atoms with van der Waals surface area (Å²) in [6, 6.07) is 50.5. The molecule has 5 aromatic carbocycles. The second kappa shape index (κ2) is 9.83. The number of hydrogen-bond donors (Lipinski definition) is 0. The van der Waals surface area contributed by atoms with Crippen LogP contribution in [0.15, 0.2) is 152 Å². The van der Waals surface area contributed by atoms with Crippen LogP contribution in [-0.2, 0) is 6.16 Å². The Morgan fingerprint density at radius 2 is 1.08 bits per heavy atom. The summed E-state index contributed by atoms with van der Waals surface area (Å²) < 4.78 is 1.74. The Labute approximate surface area is 231 Å². The zero-order valence-corrected chi connectivity index (χ0v) is 23.3. The van der Waals surface area contributed by atoms with Gasteiger partial charge in [0.25, 0.3) is 0 Å². The predicted molar refractivity (Wildman–Crippen MR) is 166 cm³/mol. The fourth-order valence-electron chi connectivity index (χ4n) is 5.47. The standard InChI is InChI=1S/C34H27BrNOP/c35-38(30-15-7-2-8-16-30,31-17-9-3-10-18-31,32-19-11-4-12-20-32)26-27-21-22-33-29(25-27)23-24-36(33)34(37)28-13-5-1-6-14-28/h1-25H,26H2. The number of rotatable bonds is 6. The van der Waals surface area contributed by atoms with Crippen LogP contribution in [-0.4, -0.2) is 10.5 Å². The van der Waals surface area contributed by atoms with Gasteiger partial charge in [-0.2, -0.15) is 0 Å².